The zero-order valence-corrected chi connectivity index (χ0v) is 8.96. The van der Waals surface area contributed by atoms with E-state index in [2.05, 4.69) is 54.5 Å². The van der Waals surface area contributed by atoms with Crippen molar-refractivity contribution in [1.29, 1.82) is 0 Å². The van der Waals surface area contributed by atoms with Gasteiger partial charge in [0.25, 0.3) is 0 Å². The molecule has 68 valence electrons. The first-order valence-electron chi connectivity index (χ1n) is 4.24. The zero-order chi connectivity index (χ0) is 10.2. The highest BCUT2D eigenvalue weighted by Crippen LogP contribution is 1.91. The van der Waals surface area contributed by atoms with Crippen molar-refractivity contribution in [2.45, 2.75) is 6.92 Å². The van der Waals surface area contributed by atoms with Crippen LogP contribution in [0.25, 0.3) is 0 Å². The van der Waals surface area contributed by atoms with Crippen molar-refractivity contribution < 1.29 is 5.11 Å². The largest absolute Gasteiger partial charge is 0.384 e. The highest BCUT2D eigenvalue weighted by Gasteiger charge is 1.89. The minimum Gasteiger partial charge on any atom is -0.384 e. The Bertz CT molecular complexity index is 398. The summed E-state index contributed by atoms with van der Waals surface area (Å²) in [5, 5.41) is 9.59. The summed E-state index contributed by atoms with van der Waals surface area (Å²) in [6.07, 6.45) is 0. The van der Waals surface area contributed by atoms with Gasteiger partial charge in [-0.15, -0.1) is 5.54 Å². The molecule has 0 saturated carbocycles. The van der Waals surface area contributed by atoms with Gasteiger partial charge in [-0.05, 0) is 24.0 Å². The standard InChI is InChI=1S/C12H10OSi/c1-11-5-7-12(8-6-11)14-10-4-2-3-9-13/h5-8,13H,9H2,1H3. The molecular weight excluding hydrogens is 188 g/mol. The second kappa shape index (κ2) is 6.04. The van der Waals surface area contributed by atoms with Crippen LogP contribution < -0.4 is 5.19 Å². The van der Waals surface area contributed by atoms with E-state index in [4.69, 9.17) is 5.11 Å². The lowest BCUT2D eigenvalue weighted by atomic mass is 10.2. The van der Waals surface area contributed by atoms with E-state index in [1.807, 2.05) is 0 Å². The minimum atomic E-state index is -0.123. The number of aliphatic hydroxyl groups excluding tert-OH is 1. The van der Waals surface area contributed by atoms with Gasteiger partial charge in [0.05, 0.1) is 0 Å². The Hall–Kier alpha value is -1.48. The van der Waals surface area contributed by atoms with Gasteiger partial charge in [0.15, 0.2) is 9.52 Å². The van der Waals surface area contributed by atoms with E-state index in [0.29, 0.717) is 9.52 Å². The van der Waals surface area contributed by atoms with Gasteiger partial charge in [-0.1, -0.05) is 35.7 Å². The molecule has 1 rings (SSSR count). The lowest BCUT2D eigenvalue weighted by Gasteiger charge is -1.93. The van der Waals surface area contributed by atoms with Crippen LogP contribution in [0.4, 0.5) is 0 Å². The highest BCUT2D eigenvalue weighted by molar-refractivity contribution is 6.61. The van der Waals surface area contributed by atoms with Crippen LogP contribution in [0.1, 0.15) is 5.56 Å². The van der Waals surface area contributed by atoms with Crippen LogP contribution in [0.3, 0.4) is 0 Å². The summed E-state index contributed by atoms with van der Waals surface area (Å²) in [6.45, 7) is 1.94. The molecule has 0 atom stereocenters. The maximum atomic E-state index is 8.37. The van der Waals surface area contributed by atoms with Crippen molar-refractivity contribution in [3.63, 3.8) is 0 Å². The Morgan fingerprint density at radius 2 is 1.93 bits per heavy atom. The van der Waals surface area contributed by atoms with E-state index < -0.39 is 0 Å². The minimum absolute atomic E-state index is 0.123. The van der Waals surface area contributed by atoms with E-state index in [1.54, 1.807) is 0 Å². The maximum absolute atomic E-state index is 8.37. The fraction of sp³-hybridized carbons (Fsp3) is 0.167. The van der Waals surface area contributed by atoms with E-state index in [1.165, 1.54) is 10.8 Å². The van der Waals surface area contributed by atoms with Gasteiger partial charge in [0.2, 0.25) is 0 Å². The first-order chi connectivity index (χ1) is 6.83. The molecule has 0 spiro atoms. The Labute approximate surface area is 87.0 Å². The first kappa shape index (κ1) is 10.6. The molecule has 0 fully saturated rings. The van der Waals surface area contributed by atoms with Gasteiger partial charge in [0.1, 0.15) is 6.61 Å². The zero-order valence-electron chi connectivity index (χ0n) is 7.96. The van der Waals surface area contributed by atoms with Crippen molar-refractivity contribution >= 4 is 14.7 Å². The lowest BCUT2D eigenvalue weighted by Crippen LogP contribution is -2.11. The summed E-state index contributed by atoms with van der Waals surface area (Å²) in [6, 6.07) is 8.29. The number of hydrogen-bond donors (Lipinski definition) is 1. The molecule has 2 radical (unpaired) electrons. The summed E-state index contributed by atoms with van der Waals surface area (Å²) in [5.74, 6) is 7.73. The van der Waals surface area contributed by atoms with Crippen molar-refractivity contribution in [2.75, 3.05) is 6.61 Å². The molecular formula is C12H10OSi. The molecule has 0 amide bonds. The second-order valence-corrected chi connectivity index (χ2v) is 3.78. The van der Waals surface area contributed by atoms with Crippen LogP contribution in [0.15, 0.2) is 24.3 Å². The van der Waals surface area contributed by atoms with Gasteiger partial charge in [-0.3, -0.25) is 0 Å². The van der Waals surface area contributed by atoms with Crippen LogP contribution in [0.2, 0.25) is 0 Å². The average molecular weight is 198 g/mol. The monoisotopic (exact) mass is 198 g/mol. The lowest BCUT2D eigenvalue weighted by molar-refractivity contribution is 0.350. The van der Waals surface area contributed by atoms with Gasteiger partial charge < -0.3 is 5.11 Å². The van der Waals surface area contributed by atoms with Crippen LogP contribution in [-0.4, -0.2) is 21.2 Å². The summed E-state index contributed by atoms with van der Waals surface area (Å²) >= 11 is 0. The molecule has 0 bridgehead atoms. The van der Waals surface area contributed by atoms with Crippen molar-refractivity contribution in [2.24, 2.45) is 0 Å². The summed E-state index contributed by atoms with van der Waals surface area (Å²) in [5.41, 5.74) is 4.21. The maximum Gasteiger partial charge on any atom is 0.187 e. The van der Waals surface area contributed by atoms with Crippen molar-refractivity contribution in [3.05, 3.63) is 29.8 Å². The molecule has 1 aromatic rings. The molecule has 1 N–H and O–H groups in total. The number of rotatable bonds is 1. The third kappa shape index (κ3) is 3.96. The number of benzene rings is 1. The third-order valence-electron chi connectivity index (χ3n) is 1.55. The van der Waals surface area contributed by atoms with E-state index in [9.17, 15) is 0 Å². The van der Waals surface area contributed by atoms with Gasteiger partial charge in [-0.25, -0.2) is 0 Å². The third-order valence-corrected chi connectivity index (χ3v) is 2.42. The smallest absolute Gasteiger partial charge is 0.187 e. The second-order valence-electron chi connectivity index (χ2n) is 2.70. The van der Waals surface area contributed by atoms with Crippen molar-refractivity contribution in [1.82, 2.24) is 0 Å². The van der Waals surface area contributed by atoms with E-state index >= 15 is 0 Å². The molecule has 0 aliphatic rings. The normalized spacial score (nSPS) is 8.14. The molecule has 1 nitrogen and oxygen atoms in total. The topological polar surface area (TPSA) is 20.2 Å². The molecule has 0 aliphatic heterocycles. The Morgan fingerprint density at radius 1 is 1.21 bits per heavy atom. The van der Waals surface area contributed by atoms with Gasteiger partial charge >= 0.3 is 0 Å². The molecule has 14 heavy (non-hydrogen) atoms. The summed E-state index contributed by atoms with van der Waals surface area (Å²) in [4.78, 5) is 0. The Balaban J connectivity index is 2.52. The van der Waals surface area contributed by atoms with E-state index in [0.717, 1.165) is 0 Å². The predicted octanol–water partition coefficient (Wildman–Crippen LogP) is 0.281. The van der Waals surface area contributed by atoms with Crippen LogP contribution in [0.5, 0.6) is 0 Å². The first-order valence-corrected chi connectivity index (χ1v) is 5.24. The van der Waals surface area contributed by atoms with Gasteiger partial charge in [0, 0.05) is 0 Å². The molecule has 0 unspecified atom stereocenters. The number of aryl methyl sites for hydroxylation is 1. The fourth-order valence-electron chi connectivity index (χ4n) is 0.855. The van der Waals surface area contributed by atoms with E-state index in [-0.39, 0.29) is 6.61 Å². The highest BCUT2D eigenvalue weighted by atomic mass is 28.2. The Kier molecular flexibility index (Phi) is 4.58. The van der Waals surface area contributed by atoms with Crippen LogP contribution in [-0.2, 0) is 0 Å². The molecule has 2 heteroatoms. The van der Waals surface area contributed by atoms with Gasteiger partial charge in [-0.2, -0.15) is 0 Å². The molecule has 0 heterocycles. The molecule has 0 saturated heterocycles. The summed E-state index contributed by atoms with van der Waals surface area (Å²) < 4.78 is 0. The van der Waals surface area contributed by atoms with Crippen LogP contribution in [0, 0.1) is 30.2 Å². The fourth-order valence-corrected chi connectivity index (χ4v) is 1.46. The summed E-state index contributed by atoms with van der Waals surface area (Å²) in [7, 11) is 0.467. The Morgan fingerprint density at radius 3 is 2.57 bits per heavy atom. The number of aliphatic hydroxyl groups is 1. The average Bonchev–Trinajstić information content (AvgIpc) is 2.21. The SMILES string of the molecule is Cc1ccc([Si]C#CC#CCO)cc1. The quantitative estimate of drug-likeness (QED) is 0.508. The molecule has 1 aromatic carbocycles. The van der Waals surface area contributed by atoms with Crippen LogP contribution >= 0.6 is 0 Å². The predicted molar refractivity (Wildman–Crippen MR) is 59.2 cm³/mol. The molecule has 0 aliphatic carbocycles. The molecule has 0 aromatic heterocycles. The van der Waals surface area contributed by atoms with Crippen molar-refractivity contribution in [3.8, 4) is 23.3 Å². The number of hydrogen-bond acceptors (Lipinski definition) is 1.